The maximum atomic E-state index is 13.6. The molecule has 1 aliphatic heterocycles. The number of aryl methyl sites for hydroxylation is 2. The van der Waals surface area contributed by atoms with Gasteiger partial charge in [-0.1, -0.05) is 59.1 Å². The molecule has 0 radical (unpaired) electrons. The van der Waals surface area contributed by atoms with Crippen LogP contribution in [0.5, 0.6) is 5.75 Å². The van der Waals surface area contributed by atoms with E-state index in [4.69, 9.17) is 27.9 Å². The number of rotatable bonds is 5. The number of halogens is 2. The largest absolute Gasteiger partial charge is 0.495 e. The molecular weight excluding hydrogens is 447 g/mol. The van der Waals surface area contributed by atoms with Gasteiger partial charge in [-0.2, -0.15) is 0 Å². The summed E-state index contributed by atoms with van der Waals surface area (Å²) in [6.07, 6.45) is 0. The van der Waals surface area contributed by atoms with Crippen molar-refractivity contribution in [3.63, 3.8) is 0 Å². The number of hydrogen-bond acceptors (Lipinski definition) is 4. The third-order valence-corrected chi connectivity index (χ3v) is 5.73. The number of anilines is 2. The molecular formula is C25H20Cl2N2O3. The lowest BCUT2D eigenvalue weighted by atomic mass is 10.0. The number of carbonyl (C=O) groups is 2. The fourth-order valence-electron chi connectivity index (χ4n) is 3.59. The topological polar surface area (TPSA) is 58.6 Å². The number of benzene rings is 3. The molecule has 3 aromatic carbocycles. The van der Waals surface area contributed by atoms with E-state index in [-0.39, 0.29) is 11.3 Å². The standard InChI is InChI=1S/C25H20Cl2N2O3/c1-14-4-7-16(8-5-14)22-23(28-19-12-17(26)10-11-21(19)32-3)25(31)29(24(22)30)20-13-18(27)9-6-15(20)2/h4-13,28H,1-3H3. The quantitative estimate of drug-likeness (QED) is 0.467. The third kappa shape index (κ3) is 3.97. The van der Waals surface area contributed by atoms with Crippen molar-refractivity contribution in [2.75, 3.05) is 17.3 Å². The number of imide groups is 1. The first-order valence-corrected chi connectivity index (χ1v) is 10.6. The van der Waals surface area contributed by atoms with E-state index < -0.39 is 11.8 Å². The van der Waals surface area contributed by atoms with Crippen molar-refractivity contribution in [3.05, 3.63) is 93.1 Å². The highest BCUT2D eigenvalue weighted by atomic mass is 35.5. The highest BCUT2D eigenvalue weighted by molar-refractivity contribution is 6.46. The lowest BCUT2D eigenvalue weighted by molar-refractivity contribution is -0.120. The fraction of sp³-hybridized carbons (Fsp3) is 0.120. The molecule has 0 saturated carbocycles. The van der Waals surface area contributed by atoms with E-state index in [1.165, 1.54) is 7.11 Å². The van der Waals surface area contributed by atoms with Gasteiger partial charge in [-0.15, -0.1) is 0 Å². The van der Waals surface area contributed by atoms with Crippen LogP contribution in [0.15, 0.2) is 66.4 Å². The second-order valence-corrected chi connectivity index (χ2v) is 8.34. The Bertz CT molecular complexity index is 1270. The van der Waals surface area contributed by atoms with Crippen LogP contribution in [0.3, 0.4) is 0 Å². The Kier molecular flexibility index (Phi) is 5.96. The molecule has 1 heterocycles. The van der Waals surface area contributed by atoms with Gasteiger partial charge in [-0.25, -0.2) is 4.90 Å². The Balaban J connectivity index is 1.88. The summed E-state index contributed by atoms with van der Waals surface area (Å²) in [5.41, 5.74) is 3.73. The summed E-state index contributed by atoms with van der Waals surface area (Å²) in [7, 11) is 1.52. The highest BCUT2D eigenvalue weighted by Crippen LogP contribution is 2.38. The van der Waals surface area contributed by atoms with Gasteiger partial charge in [0.1, 0.15) is 11.4 Å². The lowest BCUT2D eigenvalue weighted by Crippen LogP contribution is -2.33. The Morgan fingerprint density at radius 2 is 1.50 bits per heavy atom. The third-order valence-electron chi connectivity index (χ3n) is 5.26. The molecule has 0 bridgehead atoms. The van der Waals surface area contributed by atoms with Gasteiger partial charge in [0, 0.05) is 10.0 Å². The zero-order chi connectivity index (χ0) is 23.0. The number of nitrogens with zero attached hydrogens (tertiary/aromatic N) is 1. The molecule has 0 aliphatic carbocycles. The molecule has 4 rings (SSSR count). The van der Waals surface area contributed by atoms with Gasteiger partial charge in [0.25, 0.3) is 11.8 Å². The van der Waals surface area contributed by atoms with E-state index in [2.05, 4.69) is 5.32 Å². The first-order valence-electron chi connectivity index (χ1n) is 9.87. The highest BCUT2D eigenvalue weighted by Gasteiger charge is 2.41. The second-order valence-electron chi connectivity index (χ2n) is 7.46. The van der Waals surface area contributed by atoms with E-state index in [1.807, 2.05) is 38.1 Å². The molecule has 7 heteroatoms. The summed E-state index contributed by atoms with van der Waals surface area (Å²) >= 11 is 12.3. The zero-order valence-electron chi connectivity index (χ0n) is 17.7. The van der Waals surface area contributed by atoms with Gasteiger partial charge < -0.3 is 10.1 Å². The number of hydrogen-bond donors (Lipinski definition) is 1. The van der Waals surface area contributed by atoms with Crippen LogP contribution in [0.25, 0.3) is 5.57 Å². The normalized spacial score (nSPS) is 13.7. The van der Waals surface area contributed by atoms with Crippen molar-refractivity contribution in [2.45, 2.75) is 13.8 Å². The van der Waals surface area contributed by atoms with Gasteiger partial charge in [-0.05, 0) is 55.3 Å². The predicted molar refractivity (Wildman–Crippen MR) is 128 cm³/mol. The van der Waals surface area contributed by atoms with Crippen molar-refractivity contribution in [3.8, 4) is 5.75 Å². The Morgan fingerprint density at radius 3 is 2.19 bits per heavy atom. The van der Waals surface area contributed by atoms with Crippen LogP contribution < -0.4 is 15.0 Å². The van der Waals surface area contributed by atoms with Gasteiger partial charge >= 0.3 is 0 Å². The molecule has 0 aromatic heterocycles. The Hall–Kier alpha value is -3.28. The number of nitrogens with one attached hydrogen (secondary N) is 1. The zero-order valence-corrected chi connectivity index (χ0v) is 19.2. The molecule has 0 atom stereocenters. The monoisotopic (exact) mass is 466 g/mol. The predicted octanol–water partition coefficient (Wildman–Crippen LogP) is 6.02. The SMILES string of the molecule is COc1ccc(Cl)cc1NC1=C(c2ccc(C)cc2)C(=O)N(c2cc(Cl)ccc2C)C1=O. The van der Waals surface area contributed by atoms with Crippen molar-refractivity contribution in [1.29, 1.82) is 0 Å². The number of amides is 2. The summed E-state index contributed by atoms with van der Waals surface area (Å²) in [5.74, 6) is -0.437. The van der Waals surface area contributed by atoms with Gasteiger partial charge in [0.15, 0.2) is 0 Å². The average Bonchev–Trinajstić information content (AvgIpc) is 3.00. The molecule has 1 aliphatic rings. The minimum atomic E-state index is -0.488. The first-order chi connectivity index (χ1) is 15.3. The minimum absolute atomic E-state index is 0.138. The summed E-state index contributed by atoms with van der Waals surface area (Å²) < 4.78 is 5.40. The van der Waals surface area contributed by atoms with E-state index in [9.17, 15) is 9.59 Å². The van der Waals surface area contributed by atoms with Gasteiger partial charge in [0.05, 0.1) is 24.1 Å². The van der Waals surface area contributed by atoms with Crippen LogP contribution in [0, 0.1) is 13.8 Å². The van der Waals surface area contributed by atoms with Crippen LogP contribution in [-0.4, -0.2) is 18.9 Å². The molecule has 1 N–H and O–H groups in total. The van der Waals surface area contributed by atoms with Crippen LogP contribution in [0.2, 0.25) is 10.0 Å². The summed E-state index contributed by atoms with van der Waals surface area (Å²) in [6, 6.07) is 17.6. The van der Waals surface area contributed by atoms with E-state index in [0.29, 0.717) is 32.7 Å². The lowest BCUT2D eigenvalue weighted by Gasteiger charge is -2.18. The molecule has 3 aromatic rings. The molecule has 2 amide bonds. The molecule has 162 valence electrons. The molecule has 32 heavy (non-hydrogen) atoms. The van der Waals surface area contributed by atoms with E-state index in [1.54, 1.807) is 36.4 Å². The molecule has 0 spiro atoms. The molecule has 0 fully saturated rings. The second kappa shape index (κ2) is 8.69. The number of methoxy groups -OCH3 is 1. The van der Waals surface area contributed by atoms with Gasteiger partial charge in [0.2, 0.25) is 0 Å². The first kappa shape index (κ1) is 21.9. The minimum Gasteiger partial charge on any atom is -0.495 e. The molecule has 0 unspecified atom stereocenters. The smallest absolute Gasteiger partial charge is 0.282 e. The number of ether oxygens (including phenoxy) is 1. The molecule has 5 nitrogen and oxygen atoms in total. The fourth-order valence-corrected chi connectivity index (χ4v) is 3.93. The maximum absolute atomic E-state index is 13.6. The summed E-state index contributed by atoms with van der Waals surface area (Å²) in [5, 5.41) is 4.00. The van der Waals surface area contributed by atoms with Crippen molar-refractivity contribution in [2.24, 2.45) is 0 Å². The summed E-state index contributed by atoms with van der Waals surface area (Å²) in [6.45, 7) is 3.78. The van der Waals surface area contributed by atoms with Crippen molar-refractivity contribution >= 4 is 52.0 Å². The summed E-state index contributed by atoms with van der Waals surface area (Å²) in [4.78, 5) is 28.3. The van der Waals surface area contributed by atoms with Crippen molar-refractivity contribution < 1.29 is 14.3 Å². The van der Waals surface area contributed by atoms with Crippen LogP contribution in [-0.2, 0) is 9.59 Å². The van der Waals surface area contributed by atoms with E-state index in [0.717, 1.165) is 16.0 Å². The van der Waals surface area contributed by atoms with E-state index >= 15 is 0 Å². The average molecular weight is 467 g/mol. The Morgan fingerprint density at radius 1 is 0.844 bits per heavy atom. The van der Waals surface area contributed by atoms with Crippen LogP contribution in [0.1, 0.15) is 16.7 Å². The maximum Gasteiger partial charge on any atom is 0.282 e. The van der Waals surface area contributed by atoms with Crippen LogP contribution >= 0.6 is 23.2 Å². The van der Waals surface area contributed by atoms with Crippen molar-refractivity contribution in [1.82, 2.24) is 0 Å². The number of carbonyl (C=O) groups excluding carboxylic acids is 2. The molecule has 0 saturated heterocycles. The van der Waals surface area contributed by atoms with Gasteiger partial charge in [-0.3, -0.25) is 9.59 Å². The Labute approximate surface area is 196 Å². The van der Waals surface area contributed by atoms with Crippen LogP contribution in [0.4, 0.5) is 11.4 Å².